The van der Waals surface area contributed by atoms with Gasteiger partial charge in [-0.3, -0.25) is 0 Å². The Morgan fingerprint density at radius 1 is 1.09 bits per heavy atom. The summed E-state index contributed by atoms with van der Waals surface area (Å²) in [5.41, 5.74) is 0. The normalized spacial score (nSPS) is 33.8. The first kappa shape index (κ1) is 9.88. The second kappa shape index (κ2) is 3.67. The van der Waals surface area contributed by atoms with Crippen molar-refractivity contribution in [1.29, 1.82) is 0 Å². The van der Waals surface area contributed by atoms with Gasteiger partial charge in [0.15, 0.2) is 0 Å². The first-order chi connectivity index (χ1) is 5.00. The van der Waals surface area contributed by atoms with Gasteiger partial charge in [-0.15, -0.1) is 0 Å². The molecule has 0 heterocycles. The Morgan fingerprint density at radius 3 is 2.09 bits per heavy atom. The fraction of sp³-hybridized carbons (Fsp3) is 1.00. The molecule has 0 N–H and O–H groups in total. The van der Waals surface area contributed by atoms with Gasteiger partial charge >= 0.3 is 75.7 Å². The van der Waals surface area contributed by atoms with Crippen molar-refractivity contribution in [2.75, 3.05) is 0 Å². The third-order valence-electron chi connectivity index (χ3n) is 3.16. The maximum absolute atomic E-state index is 2.59. The van der Waals surface area contributed by atoms with Gasteiger partial charge in [-0.05, 0) is 0 Å². The monoisotopic (exact) mass is 262 g/mol. The molecule has 0 spiro atoms. The van der Waals surface area contributed by atoms with E-state index in [4.69, 9.17) is 0 Å². The zero-order chi connectivity index (χ0) is 8.48. The quantitative estimate of drug-likeness (QED) is 0.628. The van der Waals surface area contributed by atoms with Crippen LogP contribution in [0, 0.1) is 5.92 Å². The molecule has 0 aromatic rings. The summed E-state index contributed by atoms with van der Waals surface area (Å²) in [6.45, 7) is 2.43. The van der Waals surface area contributed by atoms with E-state index in [0.717, 1.165) is 5.92 Å². The van der Waals surface area contributed by atoms with Crippen LogP contribution < -0.4 is 0 Å². The molecule has 0 aromatic heterocycles. The topological polar surface area (TPSA) is 0 Å². The average molecular weight is 261 g/mol. The molecule has 1 heteroatoms. The van der Waals surface area contributed by atoms with E-state index >= 15 is 0 Å². The predicted molar refractivity (Wildman–Crippen MR) is 54.7 cm³/mol. The second-order valence-corrected chi connectivity index (χ2v) is 21.2. The Kier molecular flexibility index (Phi) is 3.30. The zero-order valence-electron chi connectivity index (χ0n) is 8.48. The Hall–Kier alpha value is 0.799. The number of rotatable bonds is 1. The maximum atomic E-state index is 2.59. The van der Waals surface area contributed by atoms with E-state index in [1.54, 1.807) is 12.8 Å². The fourth-order valence-electron chi connectivity index (χ4n) is 2.22. The van der Waals surface area contributed by atoms with Crippen molar-refractivity contribution in [2.24, 2.45) is 5.92 Å². The van der Waals surface area contributed by atoms with Crippen molar-refractivity contribution in [2.45, 2.75) is 51.4 Å². The second-order valence-electron chi connectivity index (χ2n) is 5.33. The van der Waals surface area contributed by atoms with E-state index in [9.17, 15) is 0 Å². The summed E-state index contributed by atoms with van der Waals surface area (Å²) >= 11 is -1.49. The van der Waals surface area contributed by atoms with Crippen LogP contribution in [-0.4, -0.2) is 18.4 Å². The van der Waals surface area contributed by atoms with Gasteiger partial charge in [-0.2, -0.15) is 0 Å². The van der Waals surface area contributed by atoms with Gasteiger partial charge < -0.3 is 0 Å². The molecule has 1 saturated carbocycles. The number of hydrogen-bond acceptors (Lipinski definition) is 0. The van der Waals surface area contributed by atoms with Gasteiger partial charge in [0, 0.05) is 0 Å². The molecule has 66 valence electrons. The van der Waals surface area contributed by atoms with Crippen LogP contribution in [0.4, 0.5) is 0 Å². The van der Waals surface area contributed by atoms with Crippen LogP contribution in [0.5, 0.6) is 0 Å². The Labute approximate surface area is 75.6 Å². The minimum absolute atomic E-state index is 1.03. The van der Waals surface area contributed by atoms with Crippen LogP contribution in [-0.2, 0) is 0 Å². The molecule has 0 radical (unpaired) electrons. The van der Waals surface area contributed by atoms with E-state index in [-0.39, 0.29) is 0 Å². The van der Waals surface area contributed by atoms with E-state index in [2.05, 4.69) is 21.7 Å². The molecule has 0 aliphatic heterocycles. The molecule has 0 saturated heterocycles. The fourth-order valence-corrected chi connectivity index (χ4v) is 8.44. The van der Waals surface area contributed by atoms with Crippen LogP contribution in [0.15, 0.2) is 0 Å². The van der Waals surface area contributed by atoms with Crippen molar-refractivity contribution in [3.05, 3.63) is 0 Å². The summed E-state index contributed by atoms with van der Waals surface area (Å²) in [5.74, 6) is 1.03. The van der Waals surface area contributed by atoms with Crippen LogP contribution in [0.25, 0.3) is 0 Å². The van der Waals surface area contributed by atoms with Crippen molar-refractivity contribution < 1.29 is 0 Å². The van der Waals surface area contributed by atoms with Gasteiger partial charge in [0.05, 0.1) is 0 Å². The van der Waals surface area contributed by atoms with E-state index in [1.165, 1.54) is 16.8 Å². The molecule has 11 heavy (non-hydrogen) atoms. The van der Waals surface area contributed by atoms with E-state index < -0.39 is 18.4 Å². The third kappa shape index (κ3) is 2.96. The van der Waals surface area contributed by atoms with Crippen molar-refractivity contribution in [3.63, 3.8) is 0 Å². The van der Waals surface area contributed by atoms with E-state index in [0.29, 0.717) is 0 Å². The molecule has 0 amide bonds. The Morgan fingerprint density at radius 2 is 1.73 bits per heavy atom. The van der Waals surface area contributed by atoms with Crippen molar-refractivity contribution >= 4 is 18.4 Å². The van der Waals surface area contributed by atoms with Gasteiger partial charge in [-0.25, -0.2) is 0 Å². The average Bonchev–Trinajstić information content (AvgIpc) is 1.86. The van der Waals surface area contributed by atoms with E-state index in [1.807, 2.05) is 0 Å². The Balaban J connectivity index is 2.46. The van der Waals surface area contributed by atoms with Crippen molar-refractivity contribution in [1.82, 2.24) is 0 Å². The summed E-state index contributed by atoms with van der Waals surface area (Å²) in [7, 11) is 0. The van der Waals surface area contributed by atoms with Crippen LogP contribution in [0.1, 0.15) is 32.6 Å². The molecule has 2 unspecified atom stereocenters. The molecular formula is C10H22Sn. The summed E-state index contributed by atoms with van der Waals surface area (Å²) in [6, 6.07) is 0. The predicted octanol–water partition coefficient (Wildman–Crippen LogP) is 3.90. The van der Waals surface area contributed by atoms with Gasteiger partial charge in [0.2, 0.25) is 0 Å². The van der Waals surface area contributed by atoms with Crippen LogP contribution >= 0.6 is 0 Å². The summed E-state index contributed by atoms with van der Waals surface area (Å²) in [6.07, 6.45) is 6.13. The summed E-state index contributed by atoms with van der Waals surface area (Å²) in [4.78, 5) is 7.78. The van der Waals surface area contributed by atoms with Gasteiger partial charge in [0.25, 0.3) is 0 Å². The standard InChI is InChI=1S/C7H13.3CH3.Sn/c1-7-5-3-2-4-6-7;;;;/h3,7H,2,4-6H2,1H3;3*1H3;. The summed E-state index contributed by atoms with van der Waals surface area (Å²) < 4.78 is 1.19. The molecular weight excluding hydrogens is 239 g/mol. The summed E-state index contributed by atoms with van der Waals surface area (Å²) in [5, 5.41) is 0. The minimum atomic E-state index is -1.49. The zero-order valence-corrected chi connectivity index (χ0v) is 11.3. The molecule has 1 aliphatic carbocycles. The SMILES string of the molecule is CC1CCC[CH]([Sn]([CH3])([CH3])[CH3])C1. The van der Waals surface area contributed by atoms with Crippen molar-refractivity contribution in [3.8, 4) is 0 Å². The number of hydrogen-bond donors (Lipinski definition) is 0. The van der Waals surface area contributed by atoms with Gasteiger partial charge in [-0.1, -0.05) is 0 Å². The first-order valence-corrected chi connectivity index (χ1v) is 15.2. The van der Waals surface area contributed by atoms with Crippen LogP contribution in [0.2, 0.25) is 18.8 Å². The molecule has 1 rings (SSSR count). The first-order valence-electron chi connectivity index (χ1n) is 5.00. The molecule has 2 atom stereocenters. The molecule has 0 aromatic carbocycles. The Bertz CT molecular complexity index is 123. The molecule has 1 fully saturated rings. The molecule has 0 nitrogen and oxygen atoms in total. The molecule has 0 bridgehead atoms. The van der Waals surface area contributed by atoms with Gasteiger partial charge in [0.1, 0.15) is 0 Å². The van der Waals surface area contributed by atoms with Crippen LogP contribution in [0.3, 0.4) is 0 Å². The third-order valence-corrected chi connectivity index (χ3v) is 11.6. The molecule has 1 aliphatic rings.